The summed E-state index contributed by atoms with van der Waals surface area (Å²) in [6, 6.07) is 9.71. The van der Waals surface area contributed by atoms with Crippen molar-refractivity contribution in [2.24, 2.45) is 0 Å². The van der Waals surface area contributed by atoms with Gasteiger partial charge in [-0.05, 0) is 25.2 Å². The second-order valence-corrected chi connectivity index (χ2v) is 4.16. The number of fused-ring (bicyclic) bond motifs is 1. The minimum atomic E-state index is 0.641. The first-order chi connectivity index (χ1) is 9.36. The van der Waals surface area contributed by atoms with Crippen molar-refractivity contribution >= 4 is 22.5 Å². The molecule has 0 atom stereocenters. The van der Waals surface area contributed by atoms with Gasteiger partial charge in [-0.2, -0.15) is 0 Å². The Hall–Kier alpha value is -2.40. The molecular formula is C14H14N4O. The number of furan rings is 1. The Bertz CT molecular complexity index is 692. The van der Waals surface area contributed by atoms with Crippen molar-refractivity contribution in [3.05, 3.63) is 48.6 Å². The molecule has 5 heteroatoms. The Kier molecular flexibility index (Phi) is 3.12. The third kappa shape index (κ3) is 2.41. The Morgan fingerprint density at radius 3 is 3.00 bits per heavy atom. The summed E-state index contributed by atoms with van der Waals surface area (Å²) in [5.74, 6) is 1.51. The summed E-state index contributed by atoms with van der Waals surface area (Å²) in [5, 5.41) is 7.32. The zero-order valence-corrected chi connectivity index (χ0v) is 10.6. The first-order valence-corrected chi connectivity index (χ1v) is 6.06. The Morgan fingerprint density at radius 1 is 1.21 bits per heavy atom. The number of hydrogen-bond donors (Lipinski definition) is 2. The fraction of sp³-hybridized carbons (Fsp3) is 0.143. The summed E-state index contributed by atoms with van der Waals surface area (Å²) in [4.78, 5) is 8.60. The summed E-state index contributed by atoms with van der Waals surface area (Å²) in [5.41, 5.74) is 1.76. The minimum absolute atomic E-state index is 0.641. The second kappa shape index (κ2) is 5.07. The average Bonchev–Trinajstić information content (AvgIpc) is 2.83. The number of benzene rings is 1. The summed E-state index contributed by atoms with van der Waals surface area (Å²) in [6.07, 6.45) is 3.44. The van der Waals surface area contributed by atoms with Crippen molar-refractivity contribution in [2.75, 3.05) is 12.4 Å². The fourth-order valence-corrected chi connectivity index (χ4v) is 1.92. The molecule has 0 amide bonds. The highest BCUT2D eigenvalue weighted by Gasteiger charge is 2.06. The lowest BCUT2D eigenvalue weighted by atomic mass is 10.2. The van der Waals surface area contributed by atoms with Crippen LogP contribution in [0, 0.1) is 0 Å². The molecule has 0 aliphatic heterocycles. The van der Waals surface area contributed by atoms with E-state index in [4.69, 9.17) is 4.42 Å². The van der Waals surface area contributed by atoms with Crippen LogP contribution in [0.1, 0.15) is 5.82 Å². The highest BCUT2D eigenvalue weighted by atomic mass is 16.3. The van der Waals surface area contributed by atoms with Crippen LogP contribution in [0.5, 0.6) is 0 Å². The summed E-state index contributed by atoms with van der Waals surface area (Å²) < 4.78 is 5.48. The van der Waals surface area contributed by atoms with Gasteiger partial charge >= 0.3 is 0 Å². The smallest absolute Gasteiger partial charge is 0.144 e. The van der Waals surface area contributed by atoms with Crippen molar-refractivity contribution in [1.82, 2.24) is 15.3 Å². The first kappa shape index (κ1) is 11.7. The molecule has 5 nitrogen and oxygen atoms in total. The standard InChI is InChI=1S/C14H14N4O/c1-15-8-14-16-7-6-13(18-14)17-11-9-19-12-5-3-2-4-10(11)12/h2-7,9,15H,8H2,1H3,(H,16,17,18). The molecule has 0 saturated heterocycles. The van der Waals surface area contributed by atoms with Crippen LogP contribution in [-0.2, 0) is 6.54 Å². The van der Waals surface area contributed by atoms with Crippen molar-refractivity contribution < 1.29 is 4.42 Å². The second-order valence-electron chi connectivity index (χ2n) is 4.16. The number of para-hydroxylation sites is 1. The Balaban J connectivity index is 1.90. The molecule has 0 radical (unpaired) electrons. The molecule has 2 aromatic heterocycles. The predicted molar refractivity (Wildman–Crippen MR) is 74.3 cm³/mol. The van der Waals surface area contributed by atoms with E-state index >= 15 is 0 Å². The van der Waals surface area contributed by atoms with E-state index in [2.05, 4.69) is 20.6 Å². The van der Waals surface area contributed by atoms with Crippen LogP contribution in [0.2, 0.25) is 0 Å². The van der Waals surface area contributed by atoms with E-state index in [0.29, 0.717) is 6.54 Å². The zero-order chi connectivity index (χ0) is 13.1. The zero-order valence-electron chi connectivity index (χ0n) is 10.6. The molecule has 0 spiro atoms. The molecule has 0 aliphatic rings. The van der Waals surface area contributed by atoms with Crippen molar-refractivity contribution in [2.45, 2.75) is 6.54 Å². The van der Waals surface area contributed by atoms with E-state index in [1.54, 1.807) is 12.5 Å². The lowest BCUT2D eigenvalue weighted by Gasteiger charge is -2.05. The molecule has 3 aromatic rings. The van der Waals surface area contributed by atoms with E-state index < -0.39 is 0 Å². The van der Waals surface area contributed by atoms with Gasteiger partial charge in [0.1, 0.15) is 23.5 Å². The van der Waals surface area contributed by atoms with Gasteiger partial charge in [-0.25, -0.2) is 9.97 Å². The van der Waals surface area contributed by atoms with Gasteiger partial charge in [-0.15, -0.1) is 0 Å². The third-order valence-corrected chi connectivity index (χ3v) is 2.78. The number of nitrogens with one attached hydrogen (secondary N) is 2. The van der Waals surface area contributed by atoms with Crippen LogP contribution in [0.15, 0.2) is 47.2 Å². The van der Waals surface area contributed by atoms with Gasteiger partial charge in [-0.1, -0.05) is 12.1 Å². The Labute approximate surface area is 110 Å². The van der Waals surface area contributed by atoms with Crippen LogP contribution in [-0.4, -0.2) is 17.0 Å². The van der Waals surface area contributed by atoms with Gasteiger partial charge < -0.3 is 15.1 Å². The van der Waals surface area contributed by atoms with Crippen molar-refractivity contribution in [3.8, 4) is 0 Å². The van der Waals surface area contributed by atoms with Gasteiger partial charge in [0.25, 0.3) is 0 Å². The predicted octanol–water partition coefficient (Wildman–Crippen LogP) is 2.69. The van der Waals surface area contributed by atoms with Crippen molar-refractivity contribution in [3.63, 3.8) is 0 Å². The fourth-order valence-electron chi connectivity index (χ4n) is 1.92. The molecule has 19 heavy (non-hydrogen) atoms. The summed E-state index contributed by atoms with van der Waals surface area (Å²) >= 11 is 0. The highest BCUT2D eigenvalue weighted by Crippen LogP contribution is 2.27. The van der Waals surface area contributed by atoms with Crippen LogP contribution in [0.4, 0.5) is 11.5 Å². The summed E-state index contributed by atoms with van der Waals surface area (Å²) in [7, 11) is 1.87. The largest absolute Gasteiger partial charge is 0.462 e. The lowest BCUT2D eigenvalue weighted by Crippen LogP contribution is -2.09. The number of aromatic nitrogens is 2. The maximum absolute atomic E-state index is 5.48. The van der Waals surface area contributed by atoms with E-state index in [-0.39, 0.29) is 0 Å². The van der Waals surface area contributed by atoms with Gasteiger partial charge in [-0.3, -0.25) is 0 Å². The monoisotopic (exact) mass is 254 g/mol. The summed E-state index contributed by atoms with van der Waals surface area (Å²) in [6.45, 7) is 0.641. The van der Waals surface area contributed by atoms with Crippen LogP contribution >= 0.6 is 0 Å². The van der Waals surface area contributed by atoms with Crippen LogP contribution in [0.3, 0.4) is 0 Å². The number of nitrogens with zero attached hydrogens (tertiary/aromatic N) is 2. The van der Waals surface area contributed by atoms with Gasteiger partial charge in [0.2, 0.25) is 0 Å². The molecule has 3 rings (SSSR count). The SMILES string of the molecule is CNCc1nccc(Nc2coc3ccccc23)n1. The lowest BCUT2D eigenvalue weighted by molar-refractivity contribution is 0.617. The number of hydrogen-bond acceptors (Lipinski definition) is 5. The molecule has 0 aliphatic carbocycles. The van der Waals surface area contributed by atoms with E-state index in [0.717, 1.165) is 28.3 Å². The number of anilines is 2. The van der Waals surface area contributed by atoms with Crippen LogP contribution < -0.4 is 10.6 Å². The third-order valence-electron chi connectivity index (χ3n) is 2.78. The molecule has 0 fully saturated rings. The molecule has 0 saturated carbocycles. The highest BCUT2D eigenvalue weighted by molar-refractivity contribution is 5.91. The van der Waals surface area contributed by atoms with Gasteiger partial charge in [0.05, 0.1) is 12.2 Å². The normalized spacial score (nSPS) is 10.8. The molecule has 0 unspecified atom stereocenters. The van der Waals surface area contributed by atoms with E-state index in [1.807, 2.05) is 37.4 Å². The topological polar surface area (TPSA) is 63.0 Å². The maximum Gasteiger partial charge on any atom is 0.144 e. The Morgan fingerprint density at radius 2 is 2.11 bits per heavy atom. The molecular weight excluding hydrogens is 240 g/mol. The molecule has 1 aromatic carbocycles. The average molecular weight is 254 g/mol. The number of rotatable bonds is 4. The molecule has 2 N–H and O–H groups in total. The molecule has 2 heterocycles. The van der Waals surface area contributed by atoms with Gasteiger partial charge in [0.15, 0.2) is 0 Å². The molecule has 96 valence electrons. The van der Waals surface area contributed by atoms with Crippen LogP contribution in [0.25, 0.3) is 11.0 Å². The quantitative estimate of drug-likeness (QED) is 0.749. The van der Waals surface area contributed by atoms with Gasteiger partial charge in [0, 0.05) is 11.6 Å². The molecule has 0 bridgehead atoms. The maximum atomic E-state index is 5.48. The van der Waals surface area contributed by atoms with E-state index in [1.165, 1.54) is 0 Å². The van der Waals surface area contributed by atoms with Crippen molar-refractivity contribution in [1.29, 1.82) is 0 Å². The van der Waals surface area contributed by atoms with E-state index in [9.17, 15) is 0 Å². The minimum Gasteiger partial charge on any atom is -0.462 e. The first-order valence-electron chi connectivity index (χ1n) is 6.06.